The Morgan fingerprint density at radius 2 is 1.81 bits per heavy atom. The van der Waals surface area contributed by atoms with Crippen molar-refractivity contribution in [2.45, 2.75) is 6.18 Å². The second-order valence-corrected chi connectivity index (χ2v) is 5.45. The SMILES string of the molecule is N#Cc1ccc(-n2ccc(C(=O)Nc3ccc(F)cc3)n2)cc1C(F)(F)F. The Kier molecular flexibility index (Phi) is 4.64. The Morgan fingerprint density at radius 1 is 1.11 bits per heavy atom. The molecule has 0 saturated heterocycles. The predicted octanol–water partition coefficient (Wildman–Crippen LogP) is 4.15. The molecule has 1 amide bonds. The van der Waals surface area contributed by atoms with E-state index < -0.39 is 29.0 Å². The second kappa shape index (κ2) is 6.92. The summed E-state index contributed by atoms with van der Waals surface area (Å²) in [6.45, 7) is 0. The molecule has 0 aliphatic carbocycles. The van der Waals surface area contributed by atoms with E-state index in [0.29, 0.717) is 5.69 Å². The molecule has 3 aromatic rings. The molecule has 0 unspecified atom stereocenters. The zero-order valence-electron chi connectivity index (χ0n) is 13.5. The van der Waals surface area contributed by atoms with Crippen LogP contribution in [0, 0.1) is 17.1 Å². The molecule has 0 saturated carbocycles. The monoisotopic (exact) mass is 374 g/mol. The number of aromatic nitrogens is 2. The Balaban J connectivity index is 1.86. The third-order valence-corrected chi connectivity index (χ3v) is 3.62. The summed E-state index contributed by atoms with van der Waals surface area (Å²) in [5.41, 5.74) is -1.25. The van der Waals surface area contributed by atoms with Crippen molar-refractivity contribution in [1.82, 2.24) is 9.78 Å². The maximum atomic E-state index is 13.1. The van der Waals surface area contributed by atoms with E-state index in [1.165, 1.54) is 48.7 Å². The number of rotatable bonds is 3. The lowest BCUT2D eigenvalue weighted by Crippen LogP contribution is -2.13. The first-order chi connectivity index (χ1) is 12.8. The number of amides is 1. The lowest BCUT2D eigenvalue weighted by Gasteiger charge is -2.10. The van der Waals surface area contributed by atoms with Gasteiger partial charge in [-0.1, -0.05) is 0 Å². The standard InChI is InChI=1S/C18H10F4N4O/c19-12-2-4-13(5-3-12)24-17(27)16-7-8-26(25-16)14-6-1-11(10-23)15(9-14)18(20,21)22/h1-9H,(H,24,27). The summed E-state index contributed by atoms with van der Waals surface area (Å²) in [6.07, 6.45) is -3.38. The van der Waals surface area contributed by atoms with Crippen molar-refractivity contribution in [3.8, 4) is 11.8 Å². The summed E-state index contributed by atoms with van der Waals surface area (Å²) in [7, 11) is 0. The summed E-state index contributed by atoms with van der Waals surface area (Å²) in [5, 5.41) is 15.3. The van der Waals surface area contributed by atoms with Crippen molar-refractivity contribution < 1.29 is 22.4 Å². The zero-order chi connectivity index (χ0) is 19.6. The minimum Gasteiger partial charge on any atom is -0.321 e. The second-order valence-electron chi connectivity index (χ2n) is 5.45. The lowest BCUT2D eigenvalue weighted by atomic mass is 10.1. The number of nitrogens with one attached hydrogen (secondary N) is 1. The van der Waals surface area contributed by atoms with Gasteiger partial charge in [0.25, 0.3) is 5.91 Å². The van der Waals surface area contributed by atoms with E-state index in [2.05, 4.69) is 10.4 Å². The maximum absolute atomic E-state index is 13.1. The van der Waals surface area contributed by atoms with Crippen LogP contribution in [-0.4, -0.2) is 15.7 Å². The molecule has 0 bridgehead atoms. The number of nitriles is 1. The molecule has 0 atom stereocenters. The van der Waals surface area contributed by atoms with Gasteiger partial charge in [-0.2, -0.15) is 23.5 Å². The molecule has 0 aliphatic heterocycles. The fourth-order valence-corrected chi connectivity index (χ4v) is 2.32. The van der Waals surface area contributed by atoms with Crippen LogP contribution in [0.5, 0.6) is 0 Å². The van der Waals surface area contributed by atoms with Gasteiger partial charge in [-0.15, -0.1) is 0 Å². The summed E-state index contributed by atoms with van der Waals surface area (Å²) in [4.78, 5) is 12.2. The molecule has 136 valence electrons. The fraction of sp³-hybridized carbons (Fsp3) is 0.0556. The smallest absolute Gasteiger partial charge is 0.321 e. The van der Waals surface area contributed by atoms with Crippen molar-refractivity contribution in [3.05, 3.63) is 77.4 Å². The van der Waals surface area contributed by atoms with Gasteiger partial charge in [-0.05, 0) is 48.5 Å². The van der Waals surface area contributed by atoms with Crippen molar-refractivity contribution in [1.29, 1.82) is 5.26 Å². The summed E-state index contributed by atoms with van der Waals surface area (Å²) >= 11 is 0. The van der Waals surface area contributed by atoms with E-state index in [0.717, 1.165) is 16.8 Å². The van der Waals surface area contributed by atoms with Crippen LogP contribution < -0.4 is 5.32 Å². The number of alkyl halides is 3. The molecule has 9 heteroatoms. The van der Waals surface area contributed by atoms with Gasteiger partial charge in [0.15, 0.2) is 5.69 Å². The molecular formula is C18H10F4N4O. The number of hydrogen-bond acceptors (Lipinski definition) is 3. The molecule has 1 N–H and O–H groups in total. The lowest BCUT2D eigenvalue weighted by molar-refractivity contribution is -0.137. The average molecular weight is 374 g/mol. The van der Waals surface area contributed by atoms with Crippen LogP contribution in [-0.2, 0) is 6.18 Å². The Hall–Kier alpha value is -3.67. The largest absolute Gasteiger partial charge is 0.417 e. The van der Waals surface area contributed by atoms with E-state index in [1.54, 1.807) is 0 Å². The highest BCUT2D eigenvalue weighted by atomic mass is 19.4. The molecule has 0 radical (unpaired) electrons. The molecule has 3 rings (SSSR count). The van der Waals surface area contributed by atoms with Crippen molar-refractivity contribution >= 4 is 11.6 Å². The van der Waals surface area contributed by atoms with E-state index in [4.69, 9.17) is 5.26 Å². The molecule has 2 aromatic carbocycles. The third kappa shape index (κ3) is 3.95. The van der Waals surface area contributed by atoms with Gasteiger partial charge < -0.3 is 5.32 Å². The van der Waals surface area contributed by atoms with E-state index in [-0.39, 0.29) is 11.4 Å². The zero-order valence-corrected chi connectivity index (χ0v) is 13.5. The summed E-state index contributed by atoms with van der Waals surface area (Å²) in [5.74, 6) is -1.07. The van der Waals surface area contributed by atoms with Crippen LogP contribution in [0.2, 0.25) is 0 Å². The highest BCUT2D eigenvalue weighted by molar-refractivity contribution is 6.02. The third-order valence-electron chi connectivity index (χ3n) is 3.62. The molecule has 27 heavy (non-hydrogen) atoms. The number of carbonyl (C=O) groups is 1. The van der Waals surface area contributed by atoms with Crippen LogP contribution >= 0.6 is 0 Å². The quantitative estimate of drug-likeness (QED) is 0.700. The molecule has 0 aliphatic rings. The normalized spacial score (nSPS) is 11.1. The van der Waals surface area contributed by atoms with Crippen molar-refractivity contribution in [3.63, 3.8) is 0 Å². The van der Waals surface area contributed by atoms with Crippen LogP contribution in [0.1, 0.15) is 21.6 Å². The van der Waals surface area contributed by atoms with Crippen LogP contribution in [0.15, 0.2) is 54.7 Å². The number of nitrogens with zero attached hydrogens (tertiary/aromatic N) is 3. The molecule has 1 aromatic heterocycles. The number of hydrogen-bond donors (Lipinski definition) is 1. The van der Waals surface area contributed by atoms with Crippen molar-refractivity contribution in [2.24, 2.45) is 0 Å². The molecule has 0 fully saturated rings. The predicted molar refractivity (Wildman–Crippen MR) is 87.6 cm³/mol. The summed E-state index contributed by atoms with van der Waals surface area (Å²) < 4.78 is 53.2. The van der Waals surface area contributed by atoms with E-state index >= 15 is 0 Å². The van der Waals surface area contributed by atoms with Gasteiger partial charge in [0, 0.05) is 11.9 Å². The van der Waals surface area contributed by atoms with Gasteiger partial charge in [0.2, 0.25) is 0 Å². The number of anilines is 1. The number of halogens is 4. The Bertz CT molecular complexity index is 1030. The highest BCUT2D eigenvalue weighted by Crippen LogP contribution is 2.33. The molecule has 5 nitrogen and oxygen atoms in total. The first-order valence-corrected chi connectivity index (χ1v) is 7.52. The van der Waals surface area contributed by atoms with Gasteiger partial charge >= 0.3 is 6.18 Å². The Morgan fingerprint density at radius 3 is 2.44 bits per heavy atom. The van der Waals surface area contributed by atoms with Crippen LogP contribution in [0.25, 0.3) is 5.69 Å². The topological polar surface area (TPSA) is 70.7 Å². The van der Waals surface area contributed by atoms with Gasteiger partial charge in [-0.3, -0.25) is 4.79 Å². The van der Waals surface area contributed by atoms with Gasteiger partial charge in [-0.25, -0.2) is 9.07 Å². The average Bonchev–Trinajstić information content (AvgIpc) is 3.12. The van der Waals surface area contributed by atoms with Crippen molar-refractivity contribution in [2.75, 3.05) is 5.32 Å². The first-order valence-electron chi connectivity index (χ1n) is 7.52. The number of benzene rings is 2. The molecule has 0 spiro atoms. The van der Waals surface area contributed by atoms with Gasteiger partial charge in [0.1, 0.15) is 5.82 Å². The minimum atomic E-state index is -4.70. The number of carbonyl (C=O) groups excluding carboxylic acids is 1. The minimum absolute atomic E-state index is 0.0437. The molecule has 1 heterocycles. The maximum Gasteiger partial charge on any atom is 0.417 e. The summed E-state index contributed by atoms with van der Waals surface area (Å²) in [6, 6.07) is 11.0. The fourth-order valence-electron chi connectivity index (χ4n) is 2.32. The first kappa shape index (κ1) is 18.1. The Labute approximate surface area is 150 Å². The van der Waals surface area contributed by atoms with Gasteiger partial charge in [0.05, 0.1) is 22.9 Å². The van der Waals surface area contributed by atoms with Crippen LogP contribution in [0.4, 0.5) is 23.2 Å². The highest BCUT2D eigenvalue weighted by Gasteiger charge is 2.34. The van der Waals surface area contributed by atoms with Crippen LogP contribution in [0.3, 0.4) is 0 Å². The molecular weight excluding hydrogens is 364 g/mol. The van der Waals surface area contributed by atoms with E-state index in [9.17, 15) is 22.4 Å². The van der Waals surface area contributed by atoms with E-state index in [1.807, 2.05) is 0 Å².